The smallest absolute Gasteiger partial charge is 0.251 e. The van der Waals surface area contributed by atoms with Gasteiger partial charge in [-0.05, 0) is 47.2 Å². The van der Waals surface area contributed by atoms with Crippen molar-refractivity contribution in [3.8, 4) is 0 Å². The van der Waals surface area contributed by atoms with E-state index in [1.807, 2.05) is 6.07 Å². The van der Waals surface area contributed by atoms with Gasteiger partial charge in [-0.3, -0.25) is 4.79 Å². The molecule has 0 unspecified atom stereocenters. The third-order valence-electron chi connectivity index (χ3n) is 2.15. The van der Waals surface area contributed by atoms with Gasteiger partial charge in [-0.15, -0.1) is 0 Å². The first kappa shape index (κ1) is 16.2. The maximum absolute atomic E-state index is 11.8. The summed E-state index contributed by atoms with van der Waals surface area (Å²) in [5.41, 5.74) is 0.585. The summed E-state index contributed by atoms with van der Waals surface area (Å²) in [4.78, 5) is 11.8. The number of carbonyl (C=O) groups is 1. The van der Waals surface area contributed by atoms with Crippen molar-refractivity contribution in [2.24, 2.45) is 0 Å². The first-order valence-corrected chi connectivity index (χ1v) is 8.10. The molecule has 0 saturated heterocycles. The Morgan fingerprint density at radius 1 is 1.44 bits per heavy atom. The van der Waals surface area contributed by atoms with Crippen LogP contribution >= 0.6 is 50.1 Å². The lowest BCUT2D eigenvalue weighted by molar-refractivity contribution is 0.0944. The Kier molecular flexibility index (Phi) is 8.21. The summed E-state index contributed by atoms with van der Waals surface area (Å²) in [6.07, 6.45) is 0.802. The summed E-state index contributed by atoms with van der Waals surface area (Å²) < 4.78 is 6.22. The van der Waals surface area contributed by atoms with Gasteiger partial charge >= 0.3 is 0 Å². The van der Waals surface area contributed by atoms with Gasteiger partial charge in [-0.1, -0.05) is 27.5 Å². The van der Waals surface area contributed by atoms with Crippen LogP contribution < -0.4 is 5.32 Å². The molecule has 0 aliphatic heterocycles. The lowest BCUT2D eigenvalue weighted by Crippen LogP contribution is -2.25. The fourth-order valence-electron chi connectivity index (χ4n) is 1.27. The zero-order valence-corrected chi connectivity index (χ0v) is 14.2. The Morgan fingerprint density at radius 2 is 2.22 bits per heavy atom. The van der Waals surface area contributed by atoms with E-state index < -0.39 is 0 Å². The van der Waals surface area contributed by atoms with E-state index in [2.05, 4.69) is 43.8 Å². The Balaban J connectivity index is 2.30. The predicted molar refractivity (Wildman–Crippen MR) is 85.7 cm³/mol. The topological polar surface area (TPSA) is 38.3 Å². The zero-order valence-electron chi connectivity index (χ0n) is 9.72. The van der Waals surface area contributed by atoms with Crippen molar-refractivity contribution in [3.05, 3.63) is 32.4 Å². The van der Waals surface area contributed by atoms with Crippen molar-refractivity contribution in [1.82, 2.24) is 5.32 Å². The van der Waals surface area contributed by atoms with Crippen molar-refractivity contribution in [1.29, 1.82) is 0 Å². The van der Waals surface area contributed by atoms with Crippen LogP contribution in [0.25, 0.3) is 0 Å². The number of hydrogen-bond acceptors (Lipinski definition) is 2. The largest absolute Gasteiger partial charge is 0.381 e. The van der Waals surface area contributed by atoms with Gasteiger partial charge in [0.2, 0.25) is 0 Å². The van der Waals surface area contributed by atoms with Crippen molar-refractivity contribution in [2.75, 3.05) is 25.1 Å². The van der Waals surface area contributed by atoms with Gasteiger partial charge in [0.25, 0.3) is 5.91 Å². The summed E-state index contributed by atoms with van der Waals surface area (Å²) in [5, 5.41) is 4.27. The van der Waals surface area contributed by atoms with Crippen molar-refractivity contribution < 1.29 is 9.53 Å². The number of rotatable bonds is 7. The van der Waals surface area contributed by atoms with E-state index in [1.165, 1.54) is 0 Å². The summed E-state index contributed by atoms with van der Waals surface area (Å²) in [5.74, 6) is -0.103. The maximum Gasteiger partial charge on any atom is 0.251 e. The number of nitrogens with one attached hydrogen (secondary N) is 1. The molecule has 1 aromatic rings. The van der Waals surface area contributed by atoms with Crippen LogP contribution in [0.2, 0.25) is 5.02 Å². The van der Waals surface area contributed by atoms with E-state index in [0.717, 1.165) is 15.3 Å². The molecule has 0 bridgehead atoms. The second kappa shape index (κ2) is 9.12. The third kappa shape index (κ3) is 5.86. The molecule has 1 amide bonds. The number of alkyl halides is 1. The lowest BCUT2D eigenvalue weighted by atomic mass is 10.2. The molecule has 1 aromatic carbocycles. The monoisotopic (exact) mass is 445 g/mol. The quantitative estimate of drug-likeness (QED) is 0.396. The van der Waals surface area contributed by atoms with Crippen LogP contribution in [-0.2, 0) is 4.74 Å². The Morgan fingerprint density at radius 3 is 2.89 bits per heavy atom. The Bertz CT molecular complexity index is 404. The molecule has 0 aliphatic carbocycles. The van der Waals surface area contributed by atoms with Gasteiger partial charge in [-0.25, -0.2) is 0 Å². The first-order chi connectivity index (χ1) is 8.65. The molecule has 6 heteroatoms. The normalized spacial score (nSPS) is 10.4. The molecule has 3 nitrogen and oxygen atoms in total. The number of benzene rings is 1. The molecule has 0 fully saturated rings. The van der Waals surface area contributed by atoms with E-state index in [9.17, 15) is 4.79 Å². The second-order valence-corrected chi connectivity index (χ2v) is 5.90. The van der Waals surface area contributed by atoms with E-state index in [-0.39, 0.29) is 5.91 Å². The highest BCUT2D eigenvalue weighted by Crippen LogP contribution is 2.19. The lowest BCUT2D eigenvalue weighted by Gasteiger charge is -2.06. The fourth-order valence-corrected chi connectivity index (χ4v) is 2.02. The minimum absolute atomic E-state index is 0.103. The molecule has 1 N–H and O–H groups in total. The highest BCUT2D eigenvalue weighted by Gasteiger charge is 2.06. The zero-order chi connectivity index (χ0) is 13.4. The van der Waals surface area contributed by atoms with Crippen LogP contribution in [0, 0.1) is 3.57 Å². The van der Waals surface area contributed by atoms with Crippen LogP contribution in [0.15, 0.2) is 18.2 Å². The molecule has 0 radical (unpaired) electrons. The molecule has 0 aliphatic rings. The van der Waals surface area contributed by atoms with Crippen molar-refractivity contribution in [3.63, 3.8) is 0 Å². The van der Waals surface area contributed by atoms with Gasteiger partial charge in [0.05, 0.1) is 11.6 Å². The molecule has 100 valence electrons. The molecular formula is C12H14BrClINO2. The van der Waals surface area contributed by atoms with Gasteiger partial charge < -0.3 is 10.1 Å². The molecule has 18 heavy (non-hydrogen) atoms. The summed E-state index contributed by atoms with van der Waals surface area (Å²) >= 11 is 11.4. The van der Waals surface area contributed by atoms with E-state index >= 15 is 0 Å². The molecular weight excluding hydrogens is 432 g/mol. The summed E-state index contributed by atoms with van der Waals surface area (Å²) in [7, 11) is 0. The molecule has 1 rings (SSSR count). The number of ether oxygens (including phenoxy) is 1. The Labute approximate surface area is 134 Å². The average molecular weight is 447 g/mol. The van der Waals surface area contributed by atoms with Crippen LogP contribution in [0.3, 0.4) is 0 Å². The van der Waals surface area contributed by atoms with Crippen LogP contribution in [0.5, 0.6) is 0 Å². The molecule has 0 aromatic heterocycles. The number of carbonyl (C=O) groups excluding carboxylic acids is 1. The van der Waals surface area contributed by atoms with Gasteiger partial charge in [-0.2, -0.15) is 0 Å². The van der Waals surface area contributed by atoms with Crippen LogP contribution in [0.1, 0.15) is 16.8 Å². The predicted octanol–water partition coefficient (Wildman–Crippen LogP) is 3.48. The van der Waals surface area contributed by atoms with Gasteiger partial charge in [0.1, 0.15) is 0 Å². The first-order valence-electron chi connectivity index (χ1n) is 5.52. The van der Waals surface area contributed by atoms with E-state index in [1.54, 1.807) is 12.1 Å². The average Bonchev–Trinajstić information content (AvgIpc) is 2.36. The second-order valence-electron chi connectivity index (χ2n) is 3.54. The van der Waals surface area contributed by atoms with Gasteiger partial charge in [0, 0.05) is 27.6 Å². The highest BCUT2D eigenvalue weighted by molar-refractivity contribution is 14.1. The number of hydrogen-bond donors (Lipinski definition) is 1. The minimum atomic E-state index is -0.103. The van der Waals surface area contributed by atoms with Gasteiger partial charge in [0.15, 0.2) is 0 Å². The van der Waals surface area contributed by atoms with Crippen molar-refractivity contribution in [2.45, 2.75) is 6.42 Å². The Hall–Kier alpha value is 0.150. The SMILES string of the molecule is O=C(NCCCOCCBr)c1ccc(I)c(Cl)c1. The maximum atomic E-state index is 11.8. The number of halogens is 3. The van der Waals surface area contributed by atoms with Crippen molar-refractivity contribution >= 4 is 56.0 Å². The standard InChI is InChI=1S/C12H14BrClINO2/c13-4-7-18-6-1-5-16-12(17)9-2-3-11(15)10(14)8-9/h2-3,8H,1,4-7H2,(H,16,17). The molecule has 0 atom stereocenters. The third-order valence-corrected chi connectivity index (χ3v) is 4.05. The van der Waals surface area contributed by atoms with E-state index in [4.69, 9.17) is 16.3 Å². The van der Waals surface area contributed by atoms with Crippen LogP contribution in [-0.4, -0.2) is 31.0 Å². The molecule has 0 spiro atoms. The molecule has 0 saturated carbocycles. The fraction of sp³-hybridized carbons (Fsp3) is 0.417. The number of amides is 1. The summed E-state index contributed by atoms with van der Waals surface area (Å²) in [6, 6.07) is 5.28. The highest BCUT2D eigenvalue weighted by atomic mass is 127. The minimum Gasteiger partial charge on any atom is -0.381 e. The van der Waals surface area contributed by atoms with E-state index in [0.29, 0.717) is 30.3 Å². The van der Waals surface area contributed by atoms with Crippen LogP contribution in [0.4, 0.5) is 0 Å². The molecule has 0 heterocycles. The summed E-state index contributed by atoms with van der Waals surface area (Å²) in [6.45, 7) is 1.95.